The van der Waals surface area contributed by atoms with Gasteiger partial charge in [-0.2, -0.15) is 0 Å². The first kappa shape index (κ1) is 8.13. The molecule has 0 aliphatic rings. The van der Waals surface area contributed by atoms with Crippen LogP contribution < -0.4 is 0 Å². The van der Waals surface area contributed by atoms with Gasteiger partial charge in [0.05, 0.1) is 11.9 Å². The number of hydrogen-bond donors (Lipinski definition) is 0. The van der Waals surface area contributed by atoms with Crippen molar-refractivity contribution < 1.29 is 8.42 Å². The van der Waals surface area contributed by atoms with E-state index in [-0.39, 0.29) is 10.9 Å². The van der Waals surface area contributed by atoms with E-state index in [0.29, 0.717) is 0 Å². The van der Waals surface area contributed by atoms with Gasteiger partial charge in [-0.15, -0.1) is 0 Å². The van der Waals surface area contributed by atoms with Crippen LogP contribution in [-0.4, -0.2) is 24.1 Å². The van der Waals surface area contributed by atoms with E-state index in [0.717, 1.165) is 0 Å². The van der Waals surface area contributed by atoms with Crippen molar-refractivity contribution in [2.45, 2.75) is 12.1 Å². The van der Waals surface area contributed by atoms with Gasteiger partial charge in [-0.1, -0.05) is 6.92 Å². The second-order valence-corrected chi connectivity index (χ2v) is 4.04. The van der Waals surface area contributed by atoms with Gasteiger partial charge in [-0.25, -0.2) is 18.4 Å². The lowest BCUT2D eigenvalue weighted by atomic mass is 10.7. The van der Waals surface area contributed by atoms with Crippen LogP contribution in [0.4, 0.5) is 0 Å². The summed E-state index contributed by atoms with van der Waals surface area (Å²) in [6.45, 7) is 1.55. The van der Waals surface area contributed by atoms with Gasteiger partial charge in [0.2, 0.25) is 15.0 Å². The van der Waals surface area contributed by atoms with Crippen LogP contribution in [0.3, 0.4) is 0 Å². The number of aromatic nitrogens is 2. The Balaban J connectivity index is 3.14. The fourth-order valence-corrected chi connectivity index (χ4v) is 1.21. The molecule has 1 aromatic heterocycles. The molecule has 5 heteroatoms. The fraction of sp³-hybridized carbons (Fsp3) is 0.333. The molecular formula is C6H7N2O2S. The molecule has 0 N–H and O–H groups in total. The summed E-state index contributed by atoms with van der Waals surface area (Å²) >= 11 is 0. The normalized spacial score (nSPS) is 11.4. The average Bonchev–Trinajstić information content (AvgIpc) is 2.06. The van der Waals surface area contributed by atoms with E-state index in [2.05, 4.69) is 16.2 Å². The quantitative estimate of drug-likeness (QED) is 0.591. The van der Waals surface area contributed by atoms with E-state index in [9.17, 15) is 8.42 Å². The third-order valence-electron chi connectivity index (χ3n) is 1.15. The molecule has 1 rings (SSSR count). The van der Waals surface area contributed by atoms with E-state index in [1.54, 1.807) is 6.92 Å². The number of nitrogens with zero attached hydrogens (tertiary/aromatic N) is 2. The highest BCUT2D eigenvalue weighted by Crippen LogP contribution is 2.00. The van der Waals surface area contributed by atoms with Crippen LogP contribution in [0.5, 0.6) is 0 Å². The lowest BCUT2D eigenvalue weighted by Crippen LogP contribution is -2.07. The lowest BCUT2D eigenvalue weighted by molar-refractivity contribution is 0.588. The minimum absolute atomic E-state index is 0.0187. The van der Waals surface area contributed by atoms with Gasteiger partial charge in [0.1, 0.15) is 0 Å². The van der Waals surface area contributed by atoms with E-state index < -0.39 is 9.84 Å². The minimum atomic E-state index is -3.25. The van der Waals surface area contributed by atoms with Crippen molar-refractivity contribution in [1.82, 2.24) is 9.97 Å². The molecule has 1 aromatic rings. The van der Waals surface area contributed by atoms with Crippen molar-refractivity contribution in [3.05, 3.63) is 18.5 Å². The van der Waals surface area contributed by atoms with E-state index in [4.69, 9.17) is 0 Å². The van der Waals surface area contributed by atoms with Gasteiger partial charge >= 0.3 is 0 Å². The largest absolute Gasteiger partial charge is 0.247 e. The summed E-state index contributed by atoms with van der Waals surface area (Å²) in [5.41, 5.74) is 0. The molecule has 0 aliphatic carbocycles. The topological polar surface area (TPSA) is 59.9 Å². The van der Waals surface area contributed by atoms with Crippen LogP contribution in [-0.2, 0) is 9.84 Å². The van der Waals surface area contributed by atoms with Crippen molar-refractivity contribution >= 4 is 9.84 Å². The molecule has 0 aliphatic heterocycles. The predicted octanol–water partition coefficient (Wildman–Crippen LogP) is 0.0704. The maximum Gasteiger partial charge on any atom is 0.247 e. The molecule has 0 fully saturated rings. The van der Waals surface area contributed by atoms with Gasteiger partial charge in [-0.3, -0.25) is 0 Å². The summed E-state index contributed by atoms with van der Waals surface area (Å²) in [5.74, 6) is 0.0187. The Morgan fingerprint density at radius 1 is 1.64 bits per heavy atom. The number of rotatable bonds is 2. The molecule has 11 heavy (non-hydrogen) atoms. The monoisotopic (exact) mass is 171 g/mol. The Labute approximate surface area is 65.2 Å². The lowest BCUT2D eigenvalue weighted by Gasteiger charge is -1.95. The second-order valence-electron chi connectivity index (χ2n) is 1.87. The van der Waals surface area contributed by atoms with Crippen LogP contribution in [0, 0.1) is 6.20 Å². The summed E-state index contributed by atoms with van der Waals surface area (Å²) in [4.78, 5) is 7.09. The zero-order chi connectivity index (χ0) is 8.32. The predicted molar refractivity (Wildman–Crippen MR) is 38.6 cm³/mol. The molecule has 0 bridgehead atoms. The van der Waals surface area contributed by atoms with Gasteiger partial charge in [0, 0.05) is 6.20 Å². The first-order valence-corrected chi connectivity index (χ1v) is 4.74. The van der Waals surface area contributed by atoms with Crippen LogP contribution in [0.1, 0.15) is 6.92 Å². The molecular weight excluding hydrogens is 164 g/mol. The highest BCUT2D eigenvalue weighted by Gasteiger charge is 2.13. The zero-order valence-corrected chi connectivity index (χ0v) is 6.80. The third-order valence-corrected chi connectivity index (χ3v) is 2.67. The maximum absolute atomic E-state index is 11.1. The van der Waals surface area contributed by atoms with E-state index in [1.807, 2.05) is 0 Å². The smallest absolute Gasteiger partial charge is 0.227 e. The highest BCUT2D eigenvalue weighted by molar-refractivity contribution is 7.91. The van der Waals surface area contributed by atoms with Crippen LogP contribution >= 0.6 is 0 Å². The Kier molecular flexibility index (Phi) is 2.19. The zero-order valence-electron chi connectivity index (χ0n) is 5.98. The summed E-state index contributed by atoms with van der Waals surface area (Å²) < 4.78 is 22.1. The molecule has 0 saturated heterocycles. The first-order chi connectivity index (χ1) is 5.17. The minimum Gasteiger partial charge on any atom is -0.227 e. The second kappa shape index (κ2) is 2.96. The molecule has 0 saturated carbocycles. The molecule has 0 aromatic carbocycles. The summed E-state index contributed by atoms with van der Waals surface area (Å²) in [5, 5.41) is -0.150. The highest BCUT2D eigenvalue weighted by atomic mass is 32.2. The molecule has 0 amide bonds. The number of hydrogen-bond acceptors (Lipinski definition) is 4. The van der Waals surface area contributed by atoms with Crippen LogP contribution in [0.2, 0.25) is 0 Å². The Hall–Kier alpha value is -0.970. The molecule has 1 heterocycles. The van der Waals surface area contributed by atoms with Crippen molar-refractivity contribution in [1.29, 1.82) is 0 Å². The van der Waals surface area contributed by atoms with Crippen molar-refractivity contribution in [3.8, 4) is 0 Å². The standard InChI is InChI=1S/C6H7N2O2S/c1-2-11(9,10)6-7-4-3-5-8-6/h3-4H,2H2,1H3. The van der Waals surface area contributed by atoms with Crippen molar-refractivity contribution in [2.24, 2.45) is 0 Å². The average molecular weight is 171 g/mol. The molecule has 4 nitrogen and oxygen atoms in total. The molecule has 1 radical (unpaired) electrons. The molecule has 59 valence electrons. The summed E-state index contributed by atoms with van der Waals surface area (Å²) in [6.07, 6.45) is 3.77. The van der Waals surface area contributed by atoms with Gasteiger partial charge in [0.15, 0.2) is 0 Å². The van der Waals surface area contributed by atoms with E-state index in [1.165, 1.54) is 12.3 Å². The Morgan fingerprint density at radius 3 is 2.82 bits per heavy atom. The molecule has 0 atom stereocenters. The van der Waals surface area contributed by atoms with Crippen molar-refractivity contribution in [2.75, 3.05) is 5.75 Å². The van der Waals surface area contributed by atoms with Gasteiger partial charge in [0.25, 0.3) is 0 Å². The fourth-order valence-electron chi connectivity index (χ4n) is 0.535. The Bertz CT molecular complexity index is 320. The molecule has 0 unspecified atom stereocenters. The van der Waals surface area contributed by atoms with E-state index >= 15 is 0 Å². The van der Waals surface area contributed by atoms with Crippen LogP contribution in [0.25, 0.3) is 0 Å². The number of sulfone groups is 1. The van der Waals surface area contributed by atoms with Gasteiger partial charge < -0.3 is 0 Å². The van der Waals surface area contributed by atoms with Crippen molar-refractivity contribution in [3.63, 3.8) is 0 Å². The maximum atomic E-state index is 11.1. The Morgan fingerprint density at radius 2 is 2.36 bits per heavy atom. The first-order valence-electron chi connectivity index (χ1n) is 3.08. The summed E-state index contributed by atoms with van der Waals surface area (Å²) in [6, 6.07) is 1.45. The summed E-state index contributed by atoms with van der Waals surface area (Å²) in [7, 11) is -3.25. The molecule has 0 spiro atoms. The van der Waals surface area contributed by atoms with Gasteiger partial charge in [-0.05, 0) is 6.07 Å². The third kappa shape index (κ3) is 1.74. The SMILES string of the molecule is CCS(=O)(=O)c1n[c]ccn1. The van der Waals surface area contributed by atoms with Crippen LogP contribution in [0.15, 0.2) is 17.4 Å².